The molecule has 1 atom stereocenters. The van der Waals surface area contributed by atoms with Gasteiger partial charge < -0.3 is 20.3 Å². The highest BCUT2D eigenvalue weighted by Crippen LogP contribution is 2.26. The molecule has 2 amide bonds. The molecule has 3 rings (SSSR count). The molecular weight excluding hydrogens is 354 g/mol. The van der Waals surface area contributed by atoms with Crippen LogP contribution in [0.5, 0.6) is 0 Å². The molecule has 2 aromatic carbocycles. The topological polar surface area (TPSA) is 70.7 Å². The monoisotopic (exact) mass is 381 g/mol. The number of para-hydroxylation sites is 2. The Kier molecular flexibility index (Phi) is 6.66. The molecule has 2 N–H and O–H groups in total. The highest BCUT2D eigenvalue weighted by Gasteiger charge is 2.20. The second-order valence-electron chi connectivity index (χ2n) is 6.86. The molecule has 0 aromatic heterocycles. The molecule has 148 valence electrons. The third-order valence-corrected chi connectivity index (χ3v) is 4.95. The van der Waals surface area contributed by atoms with Crippen molar-refractivity contribution in [3.05, 3.63) is 59.7 Å². The molecule has 1 saturated heterocycles. The van der Waals surface area contributed by atoms with Gasteiger partial charge in [0.15, 0.2) is 0 Å². The molecule has 1 heterocycles. The van der Waals surface area contributed by atoms with Gasteiger partial charge in [0.25, 0.3) is 0 Å². The van der Waals surface area contributed by atoms with Crippen molar-refractivity contribution in [2.75, 3.05) is 36.5 Å². The van der Waals surface area contributed by atoms with Crippen molar-refractivity contribution in [2.45, 2.75) is 26.3 Å². The Morgan fingerprint density at radius 2 is 1.71 bits per heavy atom. The second kappa shape index (κ2) is 9.37. The van der Waals surface area contributed by atoms with Gasteiger partial charge in [-0.15, -0.1) is 0 Å². The van der Waals surface area contributed by atoms with Crippen LogP contribution in [0.25, 0.3) is 0 Å². The smallest absolute Gasteiger partial charge is 0.313 e. The molecule has 0 saturated carbocycles. The van der Waals surface area contributed by atoms with Crippen molar-refractivity contribution in [3.8, 4) is 0 Å². The molecule has 2 aromatic rings. The van der Waals surface area contributed by atoms with Gasteiger partial charge in [-0.05, 0) is 36.6 Å². The molecule has 1 unspecified atom stereocenters. The van der Waals surface area contributed by atoms with E-state index in [0.717, 1.165) is 30.8 Å². The molecular formula is C22H27N3O3. The number of rotatable bonds is 5. The van der Waals surface area contributed by atoms with Crippen LogP contribution in [0.2, 0.25) is 0 Å². The lowest BCUT2D eigenvalue weighted by Gasteiger charge is -2.30. The summed E-state index contributed by atoms with van der Waals surface area (Å²) in [6.45, 7) is 6.77. The minimum atomic E-state index is -0.669. The van der Waals surface area contributed by atoms with Crippen LogP contribution in [0.3, 0.4) is 0 Å². The van der Waals surface area contributed by atoms with Crippen LogP contribution < -0.4 is 15.5 Å². The zero-order valence-corrected chi connectivity index (χ0v) is 16.4. The third-order valence-electron chi connectivity index (χ3n) is 4.95. The van der Waals surface area contributed by atoms with E-state index in [-0.39, 0.29) is 6.04 Å². The molecule has 0 radical (unpaired) electrons. The predicted octanol–water partition coefficient (Wildman–Crippen LogP) is 2.90. The molecule has 1 aliphatic heterocycles. The number of anilines is 2. The van der Waals surface area contributed by atoms with E-state index in [2.05, 4.69) is 22.5 Å². The molecule has 0 spiro atoms. The first kappa shape index (κ1) is 19.9. The summed E-state index contributed by atoms with van der Waals surface area (Å²) in [5.74, 6) is -1.32. The quantitative estimate of drug-likeness (QED) is 0.782. The number of carbonyl (C=O) groups is 2. The summed E-state index contributed by atoms with van der Waals surface area (Å²) in [7, 11) is 0. The summed E-state index contributed by atoms with van der Waals surface area (Å²) in [6, 6.07) is 15.3. The van der Waals surface area contributed by atoms with E-state index in [4.69, 9.17) is 4.74 Å². The molecule has 0 bridgehead atoms. The molecule has 1 aliphatic rings. The number of benzene rings is 2. The van der Waals surface area contributed by atoms with Crippen molar-refractivity contribution in [1.82, 2.24) is 5.32 Å². The number of nitrogens with zero attached hydrogens (tertiary/aromatic N) is 1. The second-order valence-corrected chi connectivity index (χ2v) is 6.86. The fourth-order valence-electron chi connectivity index (χ4n) is 3.23. The Morgan fingerprint density at radius 1 is 1.04 bits per heavy atom. The third kappa shape index (κ3) is 4.89. The van der Waals surface area contributed by atoms with Gasteiger partial charge in [-0.25, -0.2) is 0 Å². The van der Waals surface area contributed by atoms with E-state index in [0.29, 0.717) is 18.9 Å². The first-order valence-electron chi connectivity index (χ1n) is 9.71. The summed E-state index contributed by atoms with van der Waals surface area (Å²) < 4.78 is 5.39. The van der Waals surface area contributed by atoms with Gasteiger partial charge in [-0.3, -0.25) is 9.59 Å². The normalized spacial score (nSPS) is 15.0. The minimum Gasteiger partial charge on any atom is -0.378 e. The highest BCUT2D eigenvalue weighted by atomic mass is 16.5. The lowest BCUT2D eigenvalue weighted by atomic mass is 10.0. The van der Waals surface area contributed by atoms with E-state index >= 15 is 0 Å². The molecule has 0 aliphatic carbocycles. The fraction of sp³-hybridized carbons (Fsp3) is 0.364. The van der Waals surface area contributed by atoms with Crippen molar-refractivity contribution in [1.29, 1.82) is 0 Å². The number of aryl methyl sites for hydroxylation is 1. The lowest BCUT2D eigenvalue weighted by molar-refractivity contribution is -0.136. The Hall–Kier alpha value is -2.86. The number of morpholine rings is 1. The maximum atomic E-state index is 12.4. The van der Waals surface area contributed by atoms with E-state index in [1.54, 1.807) is 0 Å². The molecule has 6 heteroatoms. The minimum absolute atomic E-state index is 0.251. The first-order valence-corrected chi connectivity index (χ1v) is 9.71. The van der Waals surface area contributed by atoms with Crippen LogP contribution in [-0.2, 0) is 20.7 Å². The summed E-state index contributed by atoms with van der Waals surface area (Å²) in [4.78, 5) is 27.0. The summed E-state index contributed by atoms with van der Waals surface area (Å²) in [6.07, 6.45) is 0.964. The Bertz CT molecular complexity index is 814. The summed E-state index contributed by atoms with van der Waals surface area (Å²) in [5, 5.41) is 5.52. The SMILES string of the molecule is CCc1ccc(C(C)NC(=O)C(=O)Nc2ccccc2N2CCOCC2)cc1. The zero-order chi connectivity index (χ0) is 19.9. The van der Waals surface area contributed by atoms with Gasteiger partial charge in [0.2, 0.25) is 0 Å². The Morgan fingerprint density at radius 3 is 2.39 bits per heavy atom. The highest BCUT2D eigenvalue weighted by molar-refractivity contribution is 6.40. The number of ether oxygens (including phenoxy) is 1. The van der Waals surface area contributed by atoms with Crippen LogP contribution in [0.15, 0.2) is 48.5 Å². The predicted molar refractivity (Wildman–Crippen MR) is 110 cm³/mol. The number of hydrogen-bond donors (Lipinski definition) is 2. The van der Waals surface area contributed by atoms with Gasteiger partial charge in [-0.1, -0.05) is 43.3 Å². The largest absolute Gasteiger partial charge is 0.378 e. The van der Waals surface area contributed by atoms with Crippen LogP contribution in [0.1, 0.15) is 31.0 Å². The number of carbonyl (C=O) groups excluding carboxylic acids is 2. The Balaban J connectivity index is 1.63. The average Bonchev–Trinajstić information content (AvgIpc) is 2.74. The zero-order valence-electron chi connectivity index (χ0n) is 16.4. The number of hydrogen-bond acceptors (Lipinski definition) is 4. The van der Waals surface area contributed by atoms with Gasteiger partial charge in [0, 0.05) is 13.1 Å². The van der Waals surface area contributed by atoms with Gasteiger partial charge in [-0.2, -0.15) is 0 Å². The standard InChI is InChI=1S/C22H27N3O3/c1-3-17-8-10-18(11-9-17)16(2)23-21(26)22(27)24-19-6-4-5-7-20(19)25-12-14-28-15-13-25/h4-11,16H,3,12-15H2,1-2H3,(H,23,26)(H,24,27). The van der Waals surface area contributed by atoms with Crippen molar-refractivity contribution in [3.63, 3.8) is 0 Å². The molecule has 6 nitrogen and oxygen atoms in total. The van der Waals surface area contributed by atoms with Crippen molar-refractivity contribution < 1.29 is 14.3 Å². The number of amides is 2. The van der Waals surface area contributed by atoms with E-state index in [9.17, 15) is 9.59 Å². The van der Waals surface area contributed by atoms with E-state index < -0.39 is 11.8 Å². The number of nitrogens with one attached hydrogen (secondary N) is 2. The fourth-order valence-corrected chi connectivity index (χ4v) is 3.23. The van der Waals surface area contributed by atoms with Crippen LogP contribution in [0.4, 0.5) is 11.4 Å². The summed E-state index contributed by atoms with van der Waals surface area (Å²) >= 11 is 0. The van der Waals surface area contributed by atoms with Gasteiger partial charge in [0.05, 0.1) is 30.6 Å². The van der Waals surface area contributed by atoms with Crippen LogP contribution in [-0.4, -0.2) is 38.1 Å². The maximum absolute atomic E-state index is 12.4. The van der Waals surface area contributed by atoms with Crippen LogP contribution >= 0.6 is 0 Å². The van der Waals surface area contributed by atoms with Crippen molar-refractivity contribution >= 4 is 23.2 Å². The van der Waals surface area contributed by atoms with Crippen molar-refractivity contribution in [2.24, 2.45) is 0 Å². The maximum Gasteiger partial charge on any atom is 0.313 e. The first-order chi connectivity index (χ1) is 13.6. The Labute approximate surface area is 165 Å². The average molecular weight is 381 g/mol. The lowest BCUT2D eigenvalue weighted by Crippen LogP contribution is -2.39. The molecule has 28 heavy (non-hydrogen) atoms. The van der Waals surface area contributed by atoms with E-state index in [1.165, 1.54) is 5.56 Å². The van der Waals surface area contributed by atoms with E-state index in [1.807, 2.05) is 55.5 Å². The summed E-state index contributed by atoms with van der Waals surface area (Å²) in [5.41, 5.74) is 3.73. The molecule has 1 fully saturated rings. The van der Waals surface area contributed by atoms with Gasteiger partial charge >= 0.3 is 11.8 Å². The van der Waals surface area contributed by atoms with Crippen LogP contribution in [0, 0.1) is 0 Å². The van der Waals surface area contributed by atoms with Gasteiger partial charge in [0.1, 0.15) is 0 Å².